The number of aryl methyl sites for hydroxylation is 1. The molecule has 0 spiro atoms. The number of pyridine rings is 1. The summed E-state index contributed by atoms with van der Waals surface area (Å²) >= 11 is 6.38. The van der Waals surface area contributed by atoms with Crippen LogP contribution in [0.25, 0.3) is 5.57 Å². The van der Waals surface area contributed by atoms with E-state index in [1.165, 1.54) is 0 Å². The molecule has 1 unspecified atom stereocenters. The molecule has 3 rings (SSSR count). The second-order valence-corrected chi connectivity index (χ2v) is 9.58. The van der Waals surface area contributed by atoms with Crippen molar-refractivity contribution < 1.29 is 13.2 Å². The minimum absolute atomic E-state index is 0.181. The van der Waals surface area contributed by atoms with Gasteiger partial charge in [0.2, 0.25) is 0 Å². The third-order valence-corrected chi connectivity index (χ3v) is 7.07. The van der Waals surface area contributed by atoms with Gasteiger partial charge in [-0.15, -0.1) is 0 Å². The normalized spacial score (nSPS) is 24.3. The lowest BCUT2D eigenvalue weighted by molar-refractivity contribution is -0.0987. The van der Waals surface area contributed by atoms with Gasteiger partial charge in [0.05, 0.1) is 11.1 Å². The quantitative estimate of drug-likeness (QED) is 0.338. The molecule has 1 aliphatic carbocycles. The molecule has 2 fully saturated rings. The molecular formula is C25H32ClF3N4. The summed E-state index contributed by atoms with van der Waals surface area (Å²) in [4.78, 5) is 5.91. The van der Waals surface area contributed by atoms with Crippen molar-refractivity contribution in [3.8, 4) is 0 Å². The number of rotatable bonds is 7. The molecule has 1 atom stereocenters. The molecular weight excluding hydrogens is 449 g/mol. The summed E-state index contributed by atoms with van der Waals surface area (Å²) in [6.07, 6.45) is 4.05. The molecule has 1 aromatic heterocycles. The Bertz CT molecular complexity index is 925. The molecule has 1 saturated heterocycles. The first-order chi connectivity index (χ1) is 15.5. The molecule has 2 N–H and O–H groups in total. The average molecular weight is 481 g/mol. The van der Waals surface area contributed by atoms with Crippen molar-refractivity contribution in [2.24, 2.45) is 5.92 Å². The van der Waals surface area contributed by atoms with Crippen molar-refractivity contribution in [2.45, 2.75) is 70.6 Å². The third-order valence-electron chi connectivity index (χ3n) is 6.78. The van der Waals surface area contributed by atoms with Crippen LogP contribution in [0.3, 0.4) is 0 Å². The second-order valence-electron chi connectivity index (χ2n) is 9.17. The molecule has 0 radical (unpaired) electrons. The van der Waals surface area contributed by atoms with Gasteiger partial charge in [-0.3, -0.25) is 4.98 Å². The van der Waals surface area contributed by atoms with Gasteiger partial charge in [-0.25, -0.2) is 0 Å². The van der Waals surface area contributed by atoms with Gasteiger partial charge in [0, 0.05) is 48.0 Å². The number of aromatic nitrogens is 1. The molecule has 2 heterocycles. The predicted octanol–water partition coefficient (Wildman–Crippen LogP) is 6.67. The fourth-order valence-electron chi connectivity index (χ4n) is 4.93. The summed E-state index contributed by atoms with van der Waals surface area (Å²) in [6.45, 7) is 12.8. The van der Waals surface area contributed by atoms with Gasteiger partial charge in [0.1, 0.15) is 5.70 Å². The Balaban J connectivity index is 1.92. The SMILES string of the molecule is C=C(c1c(C)cncc1Cl)C1CCCN1C(=C)/C(C=N)=C(/NC1CCC(C)CC1)C(F)(F)F. The van der Waals surface area contributed by atoms with E-state index in [0.717, 1.165) is 48.6 Å². The molecule has 4 nitrogen and oxygen atoms in total. The lowest BCUT2D eigenvalue weighted by Crippen LogP contribution is -2.40. The monoisotopic (exact) mass is 480 g/mol. The molecule has 33 heavy (non-hydrogen) atoms. The van der Waals surface area contributed by atoms with Crippen molar-refractivity contribution in [3.05, 3.63) is 58.7 Å². The van der Waals surface area contributed by atoms with Gasteiger partial charge in [-0.1, -0.05) is 31.7 Å². The Morgan fingerprint density at radius 2 is 1.88 bits per heavy atom. The van der Waals surface area contributed by atoms with E-state index in [9.17, 15) is 13.2 Å². The summed E-state index contributed by atoms with van der Waals surface area (Å²) in [5.74, 6) is 0.526. The van der Waals surface area contributed by atoms with Crippen LogP contribution in [-0.4, -0.2) is 40.9 Å². The maximum Gasteiger partial charge on any atom is 0.431 e. The van der Waals surface area contributed by atoms with Gasteiger partial charge < -0.3 is 15.6 Å². The average Bonchev–Trinajstić information content (AvgIpc) is 3.24. The number of nitrogens with zero attached hydrogens (tertiary/aromatic N) is 2. The van der Waals surface area contributed by atoms with Gasteiger partial charge in [-0.2, -0.15) is 13.2 Å². The topological polar surface area (TPSA) is 52.0 Å². The zero-order valence-corrected chi connectivity index (χ0v) is 20.0. The van der Waals surface area contributed by atoms with Crippen LogP contribution in [0.1, 0.15) is 56.6 Å². The maximum absolute atomic E-state index is 14.1. The highest BCUT2D eigenvalue weighted by Gasteiger charge is 2.40. The number of hydrogen-bond donors (Lipinski definition) is 2. The van der Waals surface area contributed by atoms with Crippen LogP contribution < -0.4 is 5.32 Å². The minimum atomic E-state index is -4.61. The fraction of sp³-hybridized carbons (Fsp3) is 0.520. The largest absolute Gasteiger partial charge is 0.431 e. The standard InChI is InChI=1S/C25H32ClF3N4/c1-15-7-9-19(10-8-15)32-24(25(27,28)29)20(12-30)18(4)33-11-5-6-22(33)17(3)23-16(2)13-31-14-21(23)26/h12-15,19,22,30,32H,3-11H2,1-2H3/b24-20+,30-12?. The summed E-state index contributed by atoms with van der Waals surface area (Å²) in [5, 5.41) is 11.0. The Hall–Kier alpha value is -2.28. The second kappa shape index (κ2) is 10.3. The van der Waals surface area contributed by atoms with Crippen LogP contribution in [0.2, 0.25) is 5.02 Å². The smallest absolute Gasteiger partial charge is 0.378 e. The molecule has 0 amide bonds. The highest BCUT2D eigenvalue weighted by atomic mass is 35.5. The van der Waals surface area contributed by atoms with E-state index in [2.05, 4.69) is 30.4 Å². The van der Waals surface area contributed by atoms with Gasteiger partial charge >= 0.3 is 6.18 Å². The Morgan fingerprint density at radius 3 is 2.45 bits per heavy atom. The Labute approximate surface area is 199 Å². The van der Waals surface area contributed by atoms with Crippen LogP contribution in [0.15, 0.2) is 42.5 Å². The first-order valence-corrected chi connectivity index (χ1v) is 11.8. The summed E-state index contributed by atoms with van der Waals surface area (Å²) in [5.41, 5.74) is 1.43. The van der Waals surface area contributed by atoms with E-state index in [-0.39, 0.29) is 23.4 Å². The van der Waals surface area contributed by atoms with Crippen molar-refractivity contribution in [3.63, 3.8) is 0 Å². The summed E-state index contributed by atoms with van der Waals surface area (Å²) in [6, 6.07) is -0.515. The third kappa shape index (κ3) is 5.62. The van der Waals surface area contributed by atoms with E-state index in [1.54, 1.807) is 12.4 Å². The van der Waals surface area contributed by atoms with Crippen LogP contribution in [0, 0.1) is 18.3 Å². The highest BCUT2D eigenvalue weighted by molar-refractivity contribution is 6.32. The fourth-order valence-corrected chi connectivity index (χ4v) is 5.26. The van der Waals surface area contributed by atoms with Crippen molar-refractivity contribution in [1.82, 2.24) is 15.2 Å². The lowest BCUT2D eigenvalue weighted by Gasteiger charge is -2.34. The van der Waals surface area contributed by atoms with E-state index in [1.807, 2.05) is 11.8 Å². The van der Waals surface area contributed by atoms with E-state index in [0.29, 0.717) is 30.3 Å². The number of halogens is 4. The minimum Gasteiger partial charge on any atom is -0.378 e. The molecule has 180 valence electrons. The van der Waals surface area contributed by atoms with Crippen molar-refractivity contribution >= 4 is 23.4 Å². The number of likely N-dealkylation sites (tertiary alicyclic amines) is 1. The Kier molecular flexibility index (Phi) is 7.93. The summed E-state index contributed by atoms with van der Waals surface area (Å²) < 4.78 is 42.4. The molecule has 1 aliphatic heterocycles. The number of allylic oxidation sites excluding steroid dienone is 2. The lowest BCUT2D eigenvalue weighted by atomic mass is 9.87. The van der Waals surface area contributed by atoms with Crippen molar-refractivity contribution in [2.75, 3.05) is 6.54 Å². The first kappa shape index (κ1) is 25.3. The molecule has 0 bridgehead atoms. The van der Waals surface area contributed by atoms with Crippen LogP contribution in [0.5, 0.6) is 0 Å². The van der Waals surface area contributed by atoms with Gasteiger partial charge in [0.15, 0.2) is 0 Å². The molecule has 8 heteroatoms. The number of nitrogens with one attached hydrogen (secondary N) is 2. The molecule has 1 aromatic rings. The number of alkyl halides is 3. The molecule has 1 saturated carbocycles. The first-order valence-electron chi connectivity index (χ1n) is 11.4. The van der Waals surface area contributed by atoms with E-state index in [4.69, 9.17) is 17.0 Å². The van der Waals surface area contributed by atoms with E-state index < -0.39 is 11.9 Å². The number of hydrogen-bond acceptors (Lipinski definition) is 4. The summed E-state index contributed by atoms with van der Waals surface area (Å²) in [7, 11) is 0. The maximum atomic E-state index is 14.1. The highest BCUT2D eigenvalue weighted by Crippen LogP contribution is 2.39. The van der Waals surface area contributed by atoms with E-state index >= 15 is 0 Å². The molecule has 0 aromatic carbocycles. The van der Waals surface area contributed by atoms with Gasteiger partial charge in [-0.05, 0) is 62.5 Å². The van der Waals surface area contributed by atoms with Crippen LogP contribution in [-0.2, 0) is 0 Å². The Morgan fingerprint density at radius 1 is 1.21 bits per heavy atom. The van der Waals surface area contributed by atoms with Crippen molar-refractivity contribution in [1.29, 1.82) is 5.41 Å². The van der Waals surface area contributed by atoms with Crippen LogP contribution in [0.4, 0.5) is 13.2 Å². The molecule has 2 aliphatic rings. The zero-order valence-electron chi connectivity index (χ0n) is 19.2. The predicted molar refractivity (Wildman–Crippen MR) is 128 cm³/mol. The van der Waals surface area contributed by atoms with Gasteiger partial charge in [0.25, 0.3) is 0 Å². The zero-order chi connectivity index (χ0) is 24.3. The van der Waals surface area contributed by atoms with Crippen LogP contribution >= 0.6 is 11.6 Å².